The van der Waals surface area contributed by atoms with Gasteiger partial charge in [0.25, 0.3) is 10.6 Å². The predicted molar refractivity (Wildman–Crippen MR) is 111 cm³/mol. The van der Waals surface area contributed by atoms with E-state index in [4.69, 9.17) is 9.47 Å². The van der Waals surface area contributed by atoms with Crippen molar-refractivity contribution in [3.05, 3.63) is 68.5 Å². The van der Waals surface area contributed by atoms with Gasteiger partial charge < -0.3 is 19.8 Å². The number of methoxy groups -OCH3 is 2. The molecule has 6 nitrogen and oxygen atoms in total. The molecule has 4 rings (SSSR count). The minimum atomic E-state index is -0.288. The Kier molecular flexibility index (Phi) is 4.75. The molecule has 7 heteroatoms. The Labute approximate surface area is 164 Å². The number of aromatic amines is 1. The summed E-state index contributed by atoms with van der Waals surface area (Å²) in [5.74, 6) is 0.934. The van der Waals surface area contributed by atoms with Crippen LogP contribution in [0, 0.1) is 0 Å². The van der Waals surface area contributed by atoms with Crippen LogP contribution in [-0.4, -0.2) is 25.1 Å². The summed E-state index contributed by atoms with van der Waals surface area (Å²) in [6.07, 6.45) is 0. The van der Waals surface area contributed by atoms with Gasteiger partial charge in [0.15, 0.2) is 11.5 Å². The first-order chi connectivity index (χ1) is 13.6. The summed E-state index contributed by atoms with van der Waals surface area (Å²) in [6.45, 7) is 0.312. The van der Waals surface area contributed by atoms with Gasteiger partial charge in [-0.15, -0.1) is 0 Å². The second kappa shape index (κ2) is 7.36. The molecule has 0 fully saturated rings. The number of carbonyl (C=O) groups is 1. The summed E-state index contributed by atoms with van der Waals surface area (Å²) in [7, 11) is 3.14. The van der Waals surface area contributed by atoms with Crippen LogP contribution in [0.25, 0.3) is 21.8 Å². The topological polar surface area (TPSA) is 80.4 Å². The number of carbonyl (C=O) groups excluding carboxylic acids is 1. The molecule has 0 saturated carbocycles. The fourth-order valence-electron chi connectivity index (χ4n) is 3.16. The third-order valence-corrected chi connectivity index (χ3v) is 5.47. The summed E-state index contributed by atoms with van der Waals surface area (Å²) >= 11 is 0.935. The molecule has 142 valence electrons. The fraction of sp³-hybridized carbons (Fsp3) is 0.143. The Bertz CT molecular complexity index is 1240. The van der Waals surface area contributed by atoms with Crippen LogP contribution >= 0.6 is 11.3 Å². The van der Waals surface area contributed by atoms with E-state index in [0.717, 1.165) is 33.2 Å². The van der Waals surface area contributed by atoms with E-state index in [9.17, 15) is 9.59 Å². The lowest BCUT2D eigenvalue weighted by atomic mass is 10.2. The van der Waals surface area contributed by atoms with Crippen LogP contribution in [-0.2, 0) is 6.54 Å². The maximum absolute atomic E-state index is 12.6. The number of amides is 1. The van der Waals surface area contributed by atoms with Gasteiger partial charge in [-0.05, 0) is 29.8 Å². The molecule has 2 aromatic carbocycles. The van der Waals surface area contributed by atoms with Crippen molar-refractivity contribution >= 4 is 39.0 Å². The molecule has 0 spiro atoms. The van der Waals surface area contributed by atoms with Crippen LogP contribution in [0.5, 0.6) is 11.5 Å². The number of H-pyrrole nitrogens is 1. The van der Waals surface area contributed by atoms with Crippen LogP contribution in [0.2, 0.25) is 0 Å². The quantitative estimate of drug-likeness (QED) is 0.541. The van der Waals surface area contributed by atoms with Gasteiger partial charge >= 0.3 is 0 Å². The molecule has 1 amide bonds. The second-order valence-corrected chi connectivity index (χ2v) is 7.24. The molecule has 0 atom stereocenters. The molecular formula is C21H18N2O4S. The van der Waals surface area contributed by atoms with Gasteiger partial charge in [0.05, 0.1) is 19.1 Å². The van der Waals surface area contributed by atoms with Crippen molar-refractivity contribution in [1.29, 1.82) is 0 Å². The maximum Gasteiger partial charge on any atom is 0.261 e. The second-order valence-electron chi connectivity index (χ2n) is 6.23. The van der Waals surface area contributed by atoms with Crippen molar-refractivity contribution in [2.75, 3.05) is 14.2 Å². The van der Waals surface area contributed by atoms with Crippen molar-refractivity contribution in [2.24, 2.45) is 0 Å². The molecule has 0 bridgehead atoms. The first kappa shape index (κ1) is 18.1. The molecule has 0 aliphatic rings. The molecule has 28 heavy (non-hydrogen) atoms. The zero-order valence-electron chi connectivity index (χ0n) is 15.4. The Morgan fingerprint density at radius 1 is 1.04 bits per heavy atom. The van der Waals surface area contributed by atoms with Crippen LogP contribution in [0.4, 0.5) is 0 Å². The van der Waals surface area contributed by atoms with Gasteiger partial charge in [0.1, 0.15) is 5.52 Å². The molecule has 2 N–H and O–H groups in total. The highest BCUT2D eigenvalue weighted by atomic mass is 32.1. The van der Waals surface area contributed by atoms with Crippen LogP contribution in [0.15, 0.2) is 53.3 Å². The fourth-order valence-corrected chi connectivity index (χ4v) is 3.96. The molecule has 0 saturated heterocycles. The van der Waals surface area contributed by atoms with E-state index in [2.05, 4.69) is 10.3 Å². The number of benzene rings is 2. The van der Waals surface area contributed by atoms with E-state index < -0.39 is 0 Å². The summed E-state index contributed by atoms with van der Waals surface area (Å²) < 4.78 is 10.3. The number of nitrogens with one attached hydrogen (secondary N) is 2. The highest BCUT2D eigenvalue weighted by molar-refractivity contribution is 7.12. The van der Waals surface area contributed by atoms with E-state index in [-0.39, 0.29) is 10.6 Å². The zero-order valence-corrected chi connectivity index (χ0v) is 16.2. The number of rotatable bonds is 5. The monoisotopic (exact) mass is 394 g/mol. The Morgan fingerprint density at radius 3 is 2.61 bits per heavy atom. The number of fused-ring (bicyclic) bond motifs is 3. The number of hydrogen-bond donors (Lipinski definition) is 2. The molecule has 0 unspecified atom stereocenters. The lowest BCUT2D eigenvalue weighted by Crippen LogP contribution is -2.22. The molecule has 0 aliphatic heterocycles. The third-order valence-electron chi connectivity index (χ3n) is 4.55. The summed E-state index contributed by atoms with van der Waals surface area (Å²) in [6, 6.07) is 14.9. The summed E-state index contributed by atoms with van der Waals surface area (Å²) in [4.78, 5) is 28.6. The van der Waals surface area contributed by atoms with Crippen molar-refractivity contribution in [2.45, 2.75) is 6.54 Å². The Balaban J connectivity index is 1.61. The van der Waals surface area contributed by atoms with E-state index in [1.165, 1.54) is 0 Å². The first-order valence-electron chi connectivity index (χ1n) is 8.64. The normalized spacial score (nSPS) is 10.9. The highest BCUT2D eigenvalue weighted by Crippen LogP contribution is 2.28. The van der Waals surface area contributed by atoms with Gasteiger partial charge in [-0.3, -0.25) is 9.59 Å². The Morgan fingerprint density at radius 2 is 1.82 bits per heavy atom. The van der Waals surface area contributed by atoms with Crippen LogP contribution in [0.1, 0.15) is 15.2 Å². The standard InChI is InChI=1S/C21H18N2O4S/c1-26-16-8-7-12(9-17(16)27-2)11-22-20(24)18-10-14-13-5-3-4-6-15(13)23-19(14)21(25)28-18/h3-10,23H,11H2,1-2H3,(H,22,24). The van der Waals surface area contributed by atoms with Gasteiger partial charge in [0, 0.05) is 22.8 Å². The Hall–Kier alpha value is -3.32. The van der Waals surface area contributed by atoms with E-state index in [1.54, 1.807) is 26.4 Å². The van der Waals surface area contributed by atoms with E-state index in [1.807, 2.05) is 36.4 Å². The van der Waals surface area contributed by atoms with Crippen molar-refractivity contribution < 1.29 is 14.3 Å². The lowest BCUT2D eigenvalue weighted by molar-refractivity contribution is 0.0955. The van der Waals surface area contributed by atoms with Crippen molar-refractivity contribution in [3.8, 4) is 11.5 Å². The van der Waals surface area contributed by atoms with Crippen molar-refractivity contribution in [1.82, 2.24) is 10.3 Å². The molecule has 0 radical (unpaired) electrons. The van der Waals surface area contributed by atoms with Gasteiger partial charge in [-0.1, -0.05) is 35.6 Å². The molecular weight excluding hydrogens is 376 g/mol. The maximum atomic E-state index is 12.6. The number of hydrogen-bond acceptors (Lipinski definition) is 5. The summed E-state index contributed by atoms with van der Waals surface area (Å²) in [5, 5.41) is 4.55. The summed E-state index contributed by atoms with van der Waals surface area (Å²) in [5.41, 5.74) is 2.28. The predicted octanol–water partition coefficient (Wildman–Crippen LogP) is 3.69. The molecule has 2 heterocycles. The third kappa shape index (κ3) is 3.20. The van der Waals surface area contributed by atoms with Gasteiger partial charge in [-0.2, -0.15) is 0 Å². The lowest BCUT2D eigenvalue weighted by Gasteiger charge is -2.10. The molecule has 4 aromatic rings. The van der Waals surface area contributed by atoms with E-state index in [0.29, 0.717) is 28.4 Å². The van der Waals surface area contributed by atoms with Crippen LogP contribution < -0.4 is 19.5 Å². The van der Waals surface area contributed by atoms with E-state index >= 15 is 0 Å². The molecule has 2 aromatic heterocycles. The largest absolute Gasteiger partial charge is 0.493 e. The van der Waals surface area contributed by atoms with Gasteiger partial charge in [0.2, 0.25) is 0 Å². The highest BCUT2D eigenvalue weighted by Gasteiger charge is 2.14. The van der Waals surface area contributed by atoms with Crippen molar-refractivity contribution in [3.63, 3.8) is 0 Å². The average Bonchev–Trinajstić information content (AvgIpc) is 3.11. The van der Waals surface area contributed by atoms with Gasteiger partial charge in [-0.25, -0.2) is 0 Å². The minimum Gasteiger partial charge on any atom is -0.493 e. The van der Waals surface area contributed by atoms with Crippen LogP contribution in [0.3, 0.4) is 0 Å². The molecule has 0 aliphatic carbocycles. The minimum absolute atomic E-state index is 0.162. The average molecular weight is 394 g/mol. The zero-order chi connectivity index (χ0) is 19.7. The number of ether oxygens (including phenoxy) is 2. The first-order valence-corrected chi connectivity index (χ1v) is 9.46. The smallest absolute Gasteiger partial charge is 0.261 e. The number of aromatic nitrogens is 1. The SMILES string of the molecule is COc1ccc(CNC(=O)c2cc3c([nH]c4ccccc43)c(=O)s2)cc1OC. The number of para-hydroxylation sites is 1.